The van der Waals surface area contributed by atoms with E-state index < -0.39 is 16.1 Å². The smallest absolute Gasteiger partial charge is 0.326 e. The van der Waals surface area contributed by atoms with E-state index in [1.54, 1.807) is 6.07 Å². The second kappa shape index (κ2) is 5.73. The zero-order valence-electron chi connectivity index (χ0n) is 12.3. The fourth-order valence-electron chi connectivity index (χ4n) is 2.89. The van der Waals surface area contributed by atoms with Crippen molar-refractivity contribution in [3.63, 3.8) is 0 Å². The van der Waals surface area contributed by atoms with Crippen molar-refractivity contribution in [2.75, 3.05) is 10.8 Å². The number of benzene rings is 1. The van der Waals surface area contributed by atoms with Gasteiger partial charge in [0.1, 0.15) is 12.3 Å². The standard InChI is InChI=1S/C14H17N3O5S/c18-12-7-9(6-10-2-1-3-13(19)15-10)4-5-11(12)17-8-14(20)16-23(17,21)22/h4-5,7,10,18H,1-3,6,8H2,(H,15,19)(H,16,20). The largest absolute Gasteiger partial charge is 0.506 e. The molecule has 2 aliphatic rings. The number of anilines is 1. The third-order valence-electron chi connectivity index (χ3n) is 3.93. The van der Waals surface area contributed by atoms with Crippen molar-refractivity contribution in [1.29, 1.82) is 0 Å². The summed E-state index contributed by atoms with van der Waals surface area (Å²) in [5.41, 5.74) is 0.842. The maximum atomic E-state index is 11.8. The van der Waals surface area contributed by atoms with Gasteiger partial charge in [-0.15, -0.1) is 0 Å². The fourth-order valence-corrected chi connectivity index (χ4v) is 4.05. The number of amides is 2. The Morgan fingerprint density at radius 2 is 2.04 bits per heavy atom. The number of carbonyl (C=O) groups is 2. The van der Waals surface area contributed by atoms with Crippen LogP contribution in [0.4, 0.5) is 5.69 Å². The molecule has 9 heteroatoms. The van der Waals surface area contributed by atoms with Crippen molar-refractivity contribution in [2.45, 2.75) is 31.7 Å². The van der Waals surface area contributed by atoms with Crippen LogP contribution in [0.2, 0.25) is 0 Å². The summed E-state index contributed by atoms with van der Waals surface area (Å²) in [5.74, 6) is -0.835. The molecule has 2 aliphatic heterocycles. The summed E-state index contributed by atoms with van der Waals surface area (Å²) in [6.45, 7) is -0.353. The molecule has 3 N–H and O–H groups in total. The monoisotopic (exact) mass is 339 g/mol. The minimum absolute atomic E-state index is 0.0141. The number of rotatable bonds is 3. The van der Waals surface area contributed by atoms with Gasteiger partial charge >= 0.3 is 10.2 Å². The van der Waals surface area contributed by atoms with Crippen molar-refractivity contribution in [3.05, 3.63) is 23.8 Å². The zero-order valence-corrected chi connectivity index (χ0v) is 13.1. The van der Waals surface area contributed by atoms with Gasteiger partial charge in [0.25, 0.3) is 5.91 Å². The van der Waals surface area contributed by atoms with E-state index in [0.29, 0.717) is 12.8 Å². The van der Waals surface area contributed by atoms with Crippen LogP contribution in [0.25, 0.3) is 0 Å². The lowest BCUT2D eigenvalue weighted by atomic mass is 9.97. The molecular formula is C14H17N3O5S. The highest BCUT2D eigenvalue weighted by Crippen LogP contribution is 2.31. The maximum absolute atomic E-state index is 11.8. The molecule has 0 aromatic heterocycles. The molecule has 0 radical (unpaired) electrons. The molecule has 2 fully saturated rings. The molecule has 2 heterocycles. The number of piperidine rings is 1. The van der Waals surface area contributed by atoms with Crippen LogP contribution in [0, 0.1) is 0 Å². The first-order chi connectivity index (χ1) is 10.8. The van der Waals surface area contributed by atoms with Crippen molar-refractivity contribution < 1.29 is 23.1 Å². The van der Waals surface area contributed by atoms with Gasteiger partial charge in [-0.25, -0.2) is 9.03 Å². The van der Waals surface area contributed by atoms with Gasteiger partial charge in [-0.05, 0) is 37.0 Å². The zero-order chi connectivity index (χ0) is 16.6. The molecule has 8 nitrogen and oxygen atoms in total. The molecule has 0 bridgehead atoms. The van der Waals surface area contributed by atoms with E-state index in [2.05, 4.69) is 5.32 Å². The van der Waals surface area contributed by atoms with Gasteiger partial charge in [-0.2, -0.15) is 8.42 Å². The molecular weight excluding hydrogens is 322 g/mol. The van der Waals surface area contributed by atoms with Crippen molar-refractivity contribution in [1.82, 2.24) is 10.0 Å². The molecule has 1 aromatic carbocycles. The van der Waals surface area contributed by atoms with Crippen molar-refractivity contribution in [2.24, 2.45) is 0 Å². The molecule has 1 unspecified atom stereocenters. The molecule has 0 saturated carbocycles. The first-order valence-electron chi connectivity index (χ1n) is 7.30. The topological polar surface area (TPSA) is 116 Å². The third kappa shape index (κ3) is 3.24. The Morgan fingerprint density at radius 3 is 2.65 bits per heavy atom. The number of nitrogens with one attached hydrogen (secondary N) is 2. The summed E-state index contributed by atoms with van der Waals surface area (Å²) in [5, 5.41) is 13.0. The Labute approximate surface area is 133 Å². The summed E-state index contributed by atoms with van der Waals surface area (Å²) in [4.78, 5) is 22.6. The molecule has 1 aromatic rings. The van der Waals surface area contributed by atoms with Gasteiger partial charge in [-0.1, -0.05) is 6.07 Å². The summed E-state index contributed by atoms with van der Waals surface area (Å²) >= 11 is 0. The molecule has 124 valence electrons. The average Bonchev–Trinajstić information content (AvgIpc) is 2.72. The number of phenolic OH excluding ortho intramolecular Hbond substituents is 1. The van der Waals surface area contributed by atoms with Crippen molar-refractivity contribution >= 4 is 27.7 Å². The number of aromatic hydroxyl groups is 1. The Morgan fingerprint density at radius 1 is 1.26 bits per heavy atom. The molecule has 2 saturated heterocycles. The molecule has 23 heavy (non-hydrogen) atoms. The minimum Gasteiger partial charge on any atom is -0.506 e. The van der Waals surface area contributed by atoms with Crippen LogP contribution in [-0.4, -0.2) is 37.9 Å². The third-order valence-corrected chi connectivity index (χ3v) is 5.32. The van der Waals surface area contributed by atoms with Gasteiger partial charge in [0.05, 0.1) is 5.69 Å². The number of phenols is 1. The Bertz CT molecular complexity index is 762. The lowest BCUT2D eigenvalue weighted by molar-refractivity contribution is -0.123. The molecule has 1 atom stereocenters. The SMILES string of the molecule is O=C1CCCC(Cc2ccc(N3CC(=O)NS3(=O)=O)c(O)c2)N1. The van der Waals surface area contributed by atoms with E-state index >= 15 is 0 Å². The van der Waals surface area contributed by atoms with Crippen LogP contribution in [0.5, 0.6) is 5.75 Å². The van der Waals surface area contributed by atoms with Crippen LogP contribution >= 0.6 is 0 Å². The van der Waals surface area contributed by atoms with Gasteiger partial charge in [0, 0.05) is 12.5 Å². The van der Waals surface area contributed by atoms with Crippen LogP contribution in [0.3, 0.4) is 0 Å². The van der Waals surface area contributed by atoms with Crippen LogP contribution < -0.4 is 14.3 Å². The lowest BCUT2D eigenvalue weighted by Crippen LogP contribution is -2.39. The fraction of sp³-hybridized carbons (Fsp3) is 0.429. The van der Waals surface area contributed by atoms with Gasteiger partial charge in [-0.3, -0.25) is 9.59 Å². The Balaban J connectivity index is 1.78. The summed E-state index contributed by atoms with van der Waals surface area (Å²) in [6.07, 6.45) is 2.80. The predicted octanol–water partition coefficient (Wildman–Crippen LogP) is -0.216. The number of carbonyl (C=O) groups excluding carboxylic acids is 2. The van der Waals surface area contributed by atoms with E-state index in [1.165, 1.54) is 12.1 Å². The Kier molecular flexibility index (Phi) is 3.88. The molecule has 0 aliphatic carbocycles. The predicted molar refractivity (Wildman–Crippen MR) is 82.0 cm³/mol. The maximum Gasteiger partial charge on any atom is 0.326 e. The summed E-state index contributed by atoms with van der Waals surface area (Å²) in [7, 11) is -3.94. The molecule has 3 rings (SSSR count). The molecule has 0 spiro atoms. The van der Waals surface area contributed by atoms with E-state index in [-0.39, 0.29) is 29.9 Å². The summed E-state index contributed by atoms with van der Waals surface area (Å²) < 4.78 is 26.3. The highest BCUT2D eigenvalue weighted by atomic mass is 32.2. The van der Waals surface area contributed by atoms with Crippen LogP contribution in [0.1, 0.15) is 24.8 Å². The first-order valence-corrected chi connectivity index (χ1v) is 8.74. The normalized spacial score (nSPS) is 23.5. The number of hydrogen-bond acceptors (Lipinski definition) is 5. The van der Waals surface area contributed by atoms with Crippen LogP contribution in [0.15, 0.2) is 18.2 Å². The van der Waals surface area contributed by atoms with Crippen LogP contribution in [-0.2, 0) is 26.2 Å². The minimum atomic E-state index is -3.94. The van der Waals surface area contributed by atoms with Gasteiger partial charge in [0.2, 0.25) is 5.91 Å². The second-order valence-electron chi connectivity index (χ2n) is 5.72. The van der Waals surface area contributed by atoms with Gasteiger partial charge < -0.3 is 10.4 Å². The second-order valence-corrected chi connectivity index (χ2v) is 7.32. The average molecular weight is 339 g/mol. The number of hydrogen-bond donors (Lipinski definition) is 3. The van der Waals surface area contributed by atoms with E-state index in [4.69, 9.17) is 0 Å². The summed E-state index contributed by atoms with van der Waals surface area (Å²) in [6, 6.07) is 4.63. The van der Waals surface area contributed by atoms with E-state index in [0.717, 1.165) is 22.7 Å². The Hall–Kier alpha value is -2.29. The quantitative estimate of drug-likeness (QED) is 0.704. The highest BCUT2D eigenvalue weighted by Gasteiger charge is 2.35. The lowest BCUT2D eigenvalue weighted by Gasteiger charge is -2.23. The van der Waals surface area contributed by atoms with Gasteiger partial charge in [0.15, 0.2) is 0 Å². The molecule has 2 amide bonds. The first kappa shape index (κ1) is 15.6. The highest BCUT2D eigenvalue weighted by molar-refractivity contribution is 7.92. The number of nitrogens with zero attached hydrogens (tertiary/aromatic N) is 1. The van der Waals surface area contributed by atoms with Crippen molar-refractivity contribution in [3.8, 4) is 5.75 Å². The van der Waals surface area contributed by atoms with E-state index in [1.807, 2.05) is 4.72 Å². The van der Waals surface area contributed by atoms with E-state index in [9.17, 15) is 23.1 Å².